The lowest BCUT2D eigenvalue weighted by molar-refractivity contribution is 0.102. The number of nitrogens with one attached hydrogen (secondary N) is 1. The van der Waals surface area contributed by atoms with Crippen LogP contribution in [0.5, 0.6) is 0 Å². The minimum Gasteiger partial charge on any atom is -0.322 e. The highest BCUT2D eigenvalue weighted by atomic mass is 19.2. The van der Waals surface area contributed by atoms with Gasteiger partial charge in [-0.2, -0.15) is 0 Å². The summed E-state index contributed by atoms with van der Waals surface area (Å²) in [6.45, 7) is 0. The summed E-state index contributed by atoms with van der Waals surface area (Å²) in [6.07, 6.45) is 5.11. The van der Waals surface area contributed by atoms with Crippen LogP contribution < -0.4 is 5.32 Å². The molecule has 0 aliphatic carbocycles. The smallest absolute Gasteiger partial charge is 0.256 e. The quantitative estimate of drug-likeness (QED) is 0.352. The van der Waals surface area contributed by atoms with E-state index in [-0.39, 0.29) is 16.7 Å². The second-order valence-electron chi connectivity index (χ2n) is 7.40. The SMILES string of the molecule is O=C(Nc1ccc(F)cc1)c1cccc(-c2cccn3cncc23)c1-c1cccc(F)c1F. The number of pyridine rings is 1. The van der Waals surface area contributed by atoms with Crippen LogP contribution in [0, 0.1) is 17.5 Å². The Kier molecular flexibility index (Phi) is 5.14. The number of rotatable bonds is 4. The number of nitrogens with zero attached hydrogens (tertiary/aromatic N) is 2. The molecule has 0 spiro atoms. The Morgan fingerprint density at radius 2 is 1.55 bits per heavy atom. The molecular formula is C26H16F3N3O. The number of hydrogen-bond acceptors (Lipinski definition) is 2. The van der Waals surface area contributed by atoms with E-state index in [0.717, 1.165) is 11.6 Å². The second-order valence-corrected chi connectivity index (χ2v) is 7.40. The Balaban J connectivity index is 1.74. The van der Waals surface area contributed by atoms with Gasteiger partial charge in [-0.3, -0.25) is 4.79 Å². The van der Waals surface area contributed by atoms with Gasteiger partial charge < -0.3 is 9.72 Å². The highest BCUT2D eigenvalue weighted by Crippen LogP contribution is 2.38. The summed E-state index contributed by atoms with van der Waals surface area (Å²) in [5, 5.41) is 2.70. The number of fused-ring (bicyclic) bond motifs is 1. The van der Waals surface area contributed by atoms with Gasteiger partial charge in [0.15, 0.2) is 11.6 Å². The molecule has 3 aromatic carbocycles. The van der Waals surface area contributed by atoms with Crippen molar-refractivity contribution in [3.05, 3.63) is 115 Å². The maximum atomic E-state index is 15.0. The monoisotopic (exact) mass is 443 g/mol. The van der Waals surface area contributed by atoms with Crippen LogP contribution in [0.3, 0.4) is 0 Å². The van der Waals surface area contributed by atoms with Crippen molar-refractivity contribution in [3.8, 4) is 22.3 Å². The lowest BCUT2D eigenvalue weighted by atomic mass is 9.89. The fourth-order valence-electron chi connectivity index (χ4n) is 3.86. The standard InChI is InChI=1S/C26H16F3N3O/c27-16-9-11-17(12-10-16)31-26(33)21-6-1-4-19(18-7-3-13-32-15-30-14-23(18)32)24(21)20-5-2-8-22(28)25(20)29/h1-15H,(H,31,33). The molecule has 1 amide bonds. The molecule has 0 aliphatic rings. The summed E-state index contributed by atoms with van der Waals surface area (Å²) in [5.41, 5.74) is 2.69. The summed E-state index contributed by atoms with van der Waals surface area (Å²) in [6, 6.07) is 17.7. The molecule has 0 unspecified atom stereocenters. The van der Waals surface area contributed by atoms with Crippen LogP contribution in [0.25, 0.3) is 27.8 Å². The normalized spacial score (nSPS) is 11.0. The third kappa shape index (κ3) is 3.74. The van der Waals surface area contributed by atoms with E-state index >= 15 is 0 Å². The van der Waals surface area contributed by atoms with Gasteiger partial charge in [-0.05, 0) is 48.0 Å². The lowest BCUT2D eigenvalue weighted by Crippen LogP contribution is -2.14. The van der Waals surface area contributed by atoms with Crippen molar-refractivity contribution >= 4 is 17.1 Å². The van der Waals surface area contributed by atoms with Crippen molar-refractivity contribution in [1.29, 1.82) is 0 Å². The summed E-state index contributed by atoms with van der Waals surface area (Å²) in [5.74, 6) is -3.05. The molecular weight excluding hydrogens is 427 g/mol. The van der Waals surface area contributed by atoms with Gasteiger partial charge in [-0.25, -0.2) is 18.2 Å². The molecule has 7 heteroatoms. The minimum absolute atomic E-state index is 0.0450. The molecule has 0 fully saturated rings. The first-order valence-electron chi connectivity index (χ1n) is 10.1. The number of imidazole rings is 1. The summed E-state index contributed by atoms with van der Waals surface area (Å²) < 4.78 is 44.2. The van der Waals surface area contributed by atoms with E-state index < -0.39 is 23.4 Å². The van der Waals surface area contributed by atoms with Gasteiger partial charge in [0, 0.05) is 34.1 Å². The Bertz CT molecular complexity index is 1490. The van der Waals surface area contributed by atoms with Crippen molar-refractivity contribution in [1.82, 2.24) is 9.38 Å². The molecule has 2 heterocycles. The van der Waals surface area contributed by atoms with Gasteiger partial charge in [0.1, 0.15) is 5.82 Å². The van der Waals surface area contributed by atoms with Crippen molar-refractivity contribution in [2.75, 3.05) is 5.32 Å². The first-order chi connectivity index (χ1) is 16.0. The van der Waals surface area contributed by atoms with Gasteiger partial charge in [-0.1, -0.05) is 30.3 Å². The fourth-order valence-corrected chi connectivity index (χ4v) is 3.86. The molecule has 0 saturated carbocycles. The molecule has 0 radical (unpaired) electrons. The van der Waals surface area contributed by atoms with Gasteiger partial charge >= 0.3 is 0 Å². The van der Waals surface area contributed by atoms with Crippen LogP contribution >= 0.6 is 0 Å². The number of anilines is 1. The number of amides is 1. The van der Waals surface area contributed by atoms with Gasteiger partial charge in [-0.15, -0.1) is 0 Å². The molecule has 0 aliphatic heterocycles. The largest absolute Gasteiger partial charge is 0.322 e. The van der Waals surface area contributed by atoms with Crippen molar-refractivity contribution in [2.24, 2.45) is 0 Å². The van der Waals surface area contributed by atoms with E-state index in [0.29, 0.717) is 16.8 Å². The lowest BCUT2D eigenvalue weighted by Gasteiger charge is -2.17. The van der Waals surface area contributed by atoms with E-state index in [1.165, 1.54) is 36.4 Å². The van der Waals surface area contributed by atoms with Crippen LogP contribution in [-0.4, -0.2) is 15.3 Å². The van der Waals surface area contributed by atoms with Crippen LogP contribution in [0.1, 0.15) is 10.4 Å². The molecule has 33 heavy (non-hydrogen) atoms. The van der Waals surface area contributed by atoms with E-state index in [9.17, 15) is 18.0 Å². The molecule has 0 bridgehead atoms. The van der Waals surface area contributed by atoms with Crippen LogP contribution in [-0.2, 0) is 0 Å². The average molecular weight is 443 g/mol. The highest BCUT2D eigenvalue weighted by molar-refractivity contribution is 6.11. The maximum Gasteiger partial charge on any atom is 0.256 e. The number of aromatic nitrogens is 2. The number of carbonyl (C=O) groups is 1. The third-order valence-corrected chi connectivity index (χ3v) is 5.37. The summed E-state index contributed by atoms with van der Waals surface area (Å²) >= 11 is 0. The van der Waals surface area contributed by atoms with E-state index in [1.807, 2.05) is 12.3 Å². The van der Waals surface area contributed by atoms with Crippen LogP contribution in [0.4, 0.5) is 18.9 Å². The predicted octanol–water partition coefficient (Wildman–Crippen LogP) is 6.34. The zero-order chi connectivity index (χ0) is 22.9. The molecule has 162 valence electrons. The predicted molar refractivity (Wildman–Crippen MR) is 120 cm³/mol. The van der Waals surface area contributed by atoms with Crippen LogP contribution in [0.2, 0.25) is 0 Å². The fraction of sp³-hybridized carbons (Fsp3) is 0. The van der Waals surface area contributed by atoms with Gasteiger partial charge in [0.25, 0.3) is 5.91 Å². The molecule has 0 saturated heterocycles. The Hall–Kier alpha value is -4.39. The summed E-state index contributed by atoms with van der Waals surface area (Å²) in [4.78, 5) is 17.4. The number of halogens is 3. The van der Waals surface area contributed by atoms with E-state index in [2.05, 4.69) is 10.3 Å². The highest BCUT2D eigenvalue weighted by Gasteiger charge is 2.22. The Morgan fingerprint density at radius 3 is 2.36 bits per heavy atom. The zero-order valence-electron chi connectivity index (χ0n) is 17.1. The molecule has 4 nitrogen and oxygen atoms in total. The van der Waals surface area contributed by atoms with E-state index in [4.69, 9.17) is 0 Å². The molecule has 0 atom stereocenters. The molecule has 5 aromatic rings. The Morgan fingerprint density at radius 1 is 0.818 bits per heavy atom. The van der Waals surface area contributed by atoms with Gasteiger partial charge in [0.2, 0.25) is 0 Å². The van der Waals surface area contributed by atoms with Gasteiger partial charge in [0.05, 0.1) is 18.0 Å². The number of benzene rings is 3. The van der Waals surface area contributed by atoms with Crippen LogP contribution in [0.15, 0.2) is 91.5 Å². The second kappa shape index (κ2) is 8.27. The molecule has 1 N–H and O–H groups in total. The van der Waals surface area contributed by atoms with Crippen molar-refractivity contribution in [2.45, 2.75) is 0 Å². The van der Waals surface area contributed by atoms with Crippen molar-refractivity contribution < 1.29 is 18.0 Å². The first kappa shape index (κ1) is 20.5. The number of carbonyl (C=O) groups excluding carboxylic acids is 1. The molecule has 5 rings (SSSR count). The maximum absolute atomic E-state index is 15.0. The van der Waals surface area contributed by atoms with Crippen molar-refractivity contribution in [3.63, 3.8) is 0 Å². The van der Waals surface area contributed by atoms with E-state index in [1.54, 1.807) is 41.2 Å². The summed E-state index contributed by atoms with van der Waals surface area (Å²) in [7, 11) is 0. The number of hydrogen-bond donors (Lipinski definition) is 1. The molecule has 2 aromatic heterocycles. The third-order valence-electron chi connectivity index (χ3n) is 5.37. The topological polar surface area (TPSA) is 46.4 Å². The Labute approximate surface area is 187 Å². The first-order valence-corrected chi connectivity index (χ1v) is 10.1. The average Bonchev–Trinajstić information content (AvgIpc) is 3.31. The minimum atomic E-state index is -1.05. The zero-order valence-corrected chi connectivity index (χ0v) is 17.1.